The van der Waals surface area contributed by atoms with Gasteiger partial charge in [0.05, 0.1) is 28.4 Å². The zero-order chi connectivity index (χ0) is 16.9. The van der Waals surface area contributed by atoms with Gasteiger partial charge in [-0.15, -0.1) is 10.2 Å². The van der Waals surface area contributed by atoms with Gasteiger partial charge in [-0.05, 0) is 25.0 Å². The van der Waals surface area contributed by atoms with E-state index in [1.807, 2.05) is 4.57 Å². The van der Waals surface area contributed by atoms with Crippen LogP contribution in [0.25, 0.3) is 11.4 Å². The highest BCUT2D eigenvalue weighted by molar-refractivity contribution is 8.01. The fourth-order valence-corrected chi connectivity index (χ4v) is 6.48. The first kappa shape index (κ1) is 16.0. The Morgan fingerprint density at radius 3 is 2.58 bits per heavy atom. The van der Waals surface area contributed by atoms with Crippen LogP contribution in [0.3, 0.4) is 0 Å². The molecule has 0 bridgehead atoms. The van der Waals surface area contributed by atoms with E-state index in [0.717, 1.165) is 12.8 Å². The van der Waals surface area contributed by atoms with Crippen molar-refractivity contribution >= 4 is 21.6 Å². The zero-order valence-electron chi connectivity index (χ0n) is 12.7. The second-order valence-electron chi connectivity index (χ2n) is 6.19. The molecule has 128 valence electrons. The maximum atomic E-state index is 14.1. The molecule has 2 heterocycles. The lowest BCUT2D eigenvalue weighted by Crippen LogP contribution is -2.20. The molecule has 4 rings (SSSR count). The van der Waals surface area contributed by atoms with Gasteiger partial charge in [0.1, 0.15) is 5.82 Å². The van der Waals surface area contributed by atoms with E-state index in [9.17, 15) is 17.9 Å². The fourth-order valence-electron chi connectivity index (χ4n) is 2.89. The summed E-state index contributed by atoms with van der Waals surface area (Å²) >= 11 is 1.22. The van der Waals surface area contributed by atoms with Crippen molar-refractivity contribution in [3.63, 3.8) is 0 Å². The number of halogens is 1. The summed E-state index contributed by atoms with van der Waals surface area (Å²) < 4.78 is 39.3. The number of benzene rings is 1. The summed E-state index contributed by atoms with van der Waals surface area (Å²) in [5.74, 6) is -0.214. The Hall–Kier alpha value is -1.45. The maximum Gasteiger partial charge on any atom is 0.192 e. The van der Waals surface area contributed by atoms with E-state index in [2.05, 4.69) is 10.2 Å². The zero-order valence-corrected chi connectivity index (χ0v) is 14.3. The number of thioether (sulfide) groups is 1. The average molecular weight is 369 g/mol. The molecule has 1 N–H and O–H groups in total. The van der Waals surface area contributed by atoms with Crippen LogP contribution in [0.1, 0.15) is 18.9 Å². The van der Waals surface area contributed by atoms with E-state index in [4.69, 9.17) is 0 Å². The molecule has 1 saturated carbocycles. The van der Waals surface area contributed by atoms with Crippen molar-refractivity contribution in [3.05, 3.63) is 30.1 Å². The number of hydrogen-bond donors (Lipinski definition) is 1. The average Bonchev–Trinajstić information content (AvgIpc) is 3.21. The third kappa shape index (κ3) is 2.96. The number of sulfone groups is 1. The van der Waals surface area contributed by atoms with Crippen molar-refractivity contribution in [2.24, 2.45) is 0 Å². The summed E-state index contributed by atoms with van der Waals surface area (Å²) in [6.07, 6.45) is 0.998. The minimum absolute atomic E-state index is 0.0780. The highest BCUT2D eigenvalue weighted by atomic mass is 32.2. The molecule has 2 fully saturated rings. The quantitative estimate of drug-likeness (QED) is 0.882. The third-order valence-corrected chi connectivity index (χ3v) is 7.42. The molecule has 9 heteroatoms. The number of hydrogen-bond acceptors (Lipinski definition) is 6. The minimum Gasteiger partial charge on any atom is -0.391 e. The summed E-state index contributed by atoms with van der Waals surface area (Å²) in [4.78, 5) is 0. The number of aromatic nitrogens is 3. The van der Waals surface area contributed by atoms with Crippen LogP contribution in [0.5, 0.6) is 0 Å². The molecule has 0 amide bonds. The molecule has 1 aromatic heterocycles. The van der Waals surface area contributed by atoms with Gasteiger partial charge in [0.25, 0.3) is 0 Å². The Labute approximate surface area is 143 Å². The summed E-state index contributed by atoms with van der Waals surface area (Å²) in [7, 11) is -3.22. The van der Waals surface area contributed by atoms with E-state index in [1.54, 1.807) is 18.2 Å². The molecule has 1 aliphatic heterocycles. The van der Waals surface area contributed by atoms with Crippen molar-refractivity contribution in [1.82, 2.24) is 14.8 Å². The van der Waals surface area contributed by atoms with Gasteiger partial charge in [-0.3, -0.25) is 4.57 Å². The highest BCUT2D eigenvalue weighted by Gasteiger charge is 2.39. The molecule has 2 atom stereocenters. The molecule has 1 saturated heterocycles. The molecule has 2 aliphatic rings. The second kappa shape index (κ2) is 5.82. The van der Waals surface area contributed by atoms with Crippen molar-refractivity contribution in [1.29, 1.82) is 0 Å². The second-order valence-corrected chi connectivity index (χ2v) is 9.55. The van der Waals surface area contributed by atoms with E-state index in [-0.39, 0.29) is 23.4 Å². The van der Waals surface area contributed by atoms with Crippen LogP contribution >= 0.6 is 11.8 Å². The molecule has 1 aromatic carbocycles. The van der Waals surface area contributed by atoms with E-state index >= 15 is 0 Å². The summed E-state index contributed by atoms with van der Waals surface area (Å²) in [6.45, 7) is 0. The predicted molar refractivity (Wildman–Crippen MR) is 88.0 cm³/mol. The lowest BCUT2D eigenvalue weighted by atomic mass is 10.2. The molecule has 0 unspecified atom stereocenters. The normalized spacial score (nSPS) is 25.9. The van der Waals surface area contributed by atoms with Gasteiger partial charge >= 0.3 is 0 Å². The van der Waals surface area contributed by atoms with E-state index in [1.165, 1.54) is 17.8 Å². The van der Waals surface area contributed by atoms with E-state index < -0.39 is 21.2 Å². The number of rotatable bonds is 4. The largest absolute Gasteiger partial charge is 0.391 e. The van der Waals surface area contributed by atoms with Crippen LogP contribution in [0.2, 0.25) is 0 Å². The Morgan fingerprint density at radius 1 is 1.21 bits per heavy atom. The van der Waals surface area contributed by atoms with E-state index in [0.29, 0.717) is 16.5 Å². The van der Waals surface area contributed by atoms with Gasteiger partial charge in [0, 0.05) is 6.04 Å². The van der Waals surface area contributed by atoms with Gasteiger partial charge in [-0.25, -0.2) is 12.8 Å². The smallest absolute Gasteiger partial charge is 0.192 e. The third-order valence-electron chi connectivity index (χ3n) is 4.22. The maximum absolute atomic E-state index is 14.1. The monoisotopic (exact) mass is 369 g/mol. The SMILES string of the molecule is O=S1(=O)C[C@@H](O)[C@@H](Sc2nnc(-c3ccccc3F)n2C2CC2)C1. The molecular formula is C15H16FN3O3S2. The molecule has 2 aromatic rings. The Bertz CT molecular complexity index is 880. The van der Waals surface area contributed by atoms with Crippen LogP contribution in [-0.2, 0) is 9.84 Å². The molecule has 0 radical (unpaired) electrons. The summed E-state index contributed by atoms with van der Waals surface area (Å²) in [5.41, 5.74) is 0.378. The summed E-state index contributed by atoms with van der Waals surface area (Å²) in [6, 6.07) is 6.59. The molecule has 0 spiro atoms. The lowest BCUT2D eigenvalue weighted by molar-refractivity contribution is 0.207. The van der Waals surface area contributed by atoms with Gasteiger partial charge in [0.15, 0.2) is 20.8 Å². The van der Waals surface area contributed by atoms with Gasteiger partial charge in [-0.2, -0.15) is 0 Å². The molecule has 1 aliphatic carbocycles. The van der Waals surface area contributed by atoms with Crippen LogP contribution in [0.15, 0.2) is 29.4 Å². The highest BCUT2D eigenvalue weighted by Crippen LogP contribution is 2.43. The topological polar surface area (TPSA) is 85.1 Å². The van der Waals surface area contributed by atoms with Crippen molar-refractivity contribution in [2.75, 3.05) is 11.5 Å². The van der Waals surface area contributed by atoms with Crippen LogP contribution in [0, 0.1) is 5.82 Å². The number of aliphatic hydroxyl groups excluding tert-OH is 1. The minimum atomic E-state index is -3.22. The van der Waals surface area contributed by atoms with Crippen LogP contribution in [-0.4, -0.2) is 51.1 Å². The van der Waals surface area contributed by atoms with Gasteiger partial charge in [0.2, 0.25) is 0 Å². The molecule has 24 heavy (non-hydrogen) atoms. The number of aliphatic hydroxyl groups is 1. The standard InChI is InChI=1S/C15H16FN3O3S2/c16-11-4-2-1-3-10(11)14-17-18-15(19(14)9-5-6-9)23-13-8-24(21,22)7-12(13)20/h1-4,9,12-13,20H,5-8H2/t12-,13+/m1/s1. The first-order valence-electron chi connectivity index (χ1n) is 7.69. The van der Waals surface area contributed by atoms with Gasteiger partial charge in [-0.1, -0.05) is 23.9 Å². The van der Waals surface area contributed by atoms with Crippen LogP contribution < -0.4 is 0 Å². The van der Waals surface area contributed by atoms with Crippen LogP contribution in [0.4, 0.5) is 4.39 Å². The lowest BCUT2D eigenvalue weighted by Gasteiger charge is -2.13. The molecular weight excluding hydrogens is 353 g/mol. The summed E-state index contributed by atoms with van der Waals surface area (Å²) in [5, 5.41) is 18.3. The van der Waals surface area contributed by atoms with Crippen molar-refractivity contribution in [2.45, 2.75) is 35.4 Å². The number of nitrogens with zero attached hydrogens (tertiary/aromatic N) is 3. The Balaban J connectivity index is 1.69. The van der Waals surface area contributed by atoms with Gasteiger partial charge < -0.3 is 5.11 Å². The molecule has 6 nitrogen and oxygen atoms in total. The predicted octanol–water partition coefficient (Wildman–Crippen LogP) is 1.67. The first-order valence-corrected chi connectivity index (χ1v) is 10.4. The van der Waals surface area contributed by atoms with Crippen molar-refractivity contribution in [3.8, 4) is 11.4 Å². The van der Waals surface area contributed by atoms with Crippen molar-refractivity contribution < 1.29 is 17.9 Å². The first-order chi connectivity index (χ1) is 11.4. The Morgan fingerprint density at radius 2 is 1.96 bits per heavy atom. The Kier molecular flexibility index (Phi) is 3.89. The fraction of sp³-hybridized carbons (Fsp3) is 0.467.